The molecule has 2 aromatic rings. The van der Waals surface area contributed by atoms with Crippen LogP contribution in [-0.2, 0) is 7.05 Å². The van der Waals surface area contributed by atoms with Gasteiger partial charge in [-0.1, -0.05) is 6.42 Å². The summed E-state index contributed by atoms with van der Waals surface area (Å²) >= 11 is 0. The van der Waals surface area contributed by atoms with E-state index in [0.29, 0.717) is 5.82 Å². The second-order valence-electron chi connectivity index (χ2n) is 4.87. The van der Waals surface area contributed by atoms with Crippen molar-refractivity contribution in [3.63, 3.8) is 0 Å². The molecule has 4 nitrogen and oxygen atoms in total. The van der Waals surface area contributed by atoms with Crippen LogP contribution in [0.15, 0.2) is 23.0 Å². The summed E-state index contributed by atoms with van der Waals surface area (Å²) in [6, 6.07) is 2.97. The maximum Gasteiger partial charge on any atom is 0.350 e. The third-order valence-electron chi connectivity index (χ3n) is 3.58. The molecule has 0 radical (unpaired) electrons. The van der Waals surface area contributed by atoms with Gasteiger partial charge >= 0.3 is 5.69 Å². The van der Waals surface area contributed by atoms with E-state index in [1.165, 1.54) is 4.57 Å². The molecule has 1 fully saturated rings. The van der Waals surface area contributed by atoms with Gasteiger partial charge in [0.15, 0.2) is 0 Å². The molecule has 0 spiro atoms. The molecular weight excluding hydrogens is 252 g/mol. The van der Waals surface area contributed by atoms with E-state index < -0.39 is 11.6 Å². The number of rotatable bonds is 2. The molecule has 0 aliphatic heterocycles. The lowest BCUT2D eigenvalue weighted by Crippen LogP contribution is -2.23. The highest BCUT2D eigenvalue weighted by Crippen LogP contribution is 2.34. The van der Waals surface area contributed by atoms with Crippen LogP contribution in [0.5, 0.6) is 0 Å². The van der Waals surface area contributed by atoms with Crippen molar-refractivity contribution in [3.05, 3.63) is 46.1 Å². The van der Waals surface area contributed by atoms with Crippen LogP contribution in [-0.4, -0.2) is 14.3 Å². The molecule has 0 amide bonds. The first-order chi connectivity index (χ1) is 9.06. The monoisotopic (exact) mass is 265 g/mol. The van der Waals surface area contributed by atoms with Gasteiger partial charge in [-0.2, -0.15) is 4.68 Å². The van der Waals surface area contributed by atoms with Crippen molar-refractivity contribution in [2.45, 2.75) is 25.2 Å². The van der Waals surface area contributed by atoms with Gasteiger partial charge < -0.3 is 0 Å². The molecule has 0 atom stereocenters. The highest BCUT2D eigenvalue weighted by atomic mass is 19.1. The zero-order valence-corrected chi connectivity index (χ0v) is 10.4. The number of nitrogens with zero attached hydrogens (tertiary/aromatic N) is 3. The van der Waals surface area contributed by atoms with Crippen molar-refractivity contribution in [2.75, 3.05) is 0 Å². The summed E-state index contributed by atoms with van der Waals surface area (Å²) in [4.78, 5) is 12.1. The average Bonchev–Trinajstić information content (AvgIpc) is 2.54. The number of halogens is 2. The third kappa shape index (κ3) is 1.97. The van der Waals surface area contributed by atoms with E-state index in [4.69, 9.17) is 0 Å². The van der Waals surface area contributed by atoms with E-state index in [1.807, 2.05) is 0 Å². The van der Waals surface area contributed by atoms with E-state index in [0.717, 1.165) is 42.1 Å². The summed E-state index contributed by atoms with van der Waals surface area (Å²) in [5.41, 5.74) is -0.268. The second-order valence-corrected chi connectivity index (χ2v) is 4.87. The van der Waals surface area contributed by atoms with Crippen molar-refractivity contribution in [1.29, 1.82) is 0 Å². The topological polar surface area (TPSA) is 39.8 Å². The Bertz CT molecular complexity index is 665. The summed E-state index contributed by atoms with van der Waals surface area (Å²) < 4.78 is 28.9. The molecule has 1 aliphatic carbocycles. The van der Waals surface area contributed by atoms with Gasteiger partial charge in [0.1, 0.15) is 17.5 Å². The largest absolute Gasteiger partial charge is 0.350 e. The minimum Gasteiger partial charge on any atom is -0.281 e. The fraction of sp³-hybridized carbons (Fsp3) is 0.385. The van der Waals surface area contributed by atoms with Crippen LogP contribution in [0.25, 0.3) is 5.69 Å². The Kier molecular flexibility index (Phi) is 2.73. The maximum absolute atomic E-state index is 13.2. The van der Waals surface area contributed by atoms with Crippen LogP contribution in [0, 0.1) is 11.6 Å². The molecule has 0 saturated heterocycles. The Morgan fingerprint density at radius 2 is 1.84 bits per heavy atom. The van der Waals surface area contributed by atoms with Gasteiger partial charge in [-0.15, -0.1) is 5.10 Å². The van der Waals surface area contributed by atoms with Crippen LogP contribution >= 0.6 is 0 Å². The van der Waals surface area contributed by atoms with Crippen LogP contribution in [0.1, 0.15) is 31.0 Å². The Labute approximate surface area is 108 Å². The molecule has 0 N–H and O–H groups in total. The normalized spacial score (nSPS) is 15.5. The molecule has 100 valence electrons. The van der Waals surface area contributed by atoms with E-state index in [1.54, 1.807) is 7.05 Å². The summed E-state index contributed by atoms with van der Waals surface area (Å²) in [6.45, 7) is 0. The zero-order valence-electron chi connectivity index (χ0n) is 10.4. The Morgan fingerprint density at radius 1 is 1.21 bits per heavy atom. The van der Waals surface area contributed by atoms with Gasteiger partial charge in [0.05, 0.1) is 5.69 Å². The van der Waals surface area contributed by atoms with E-state index in [9.17, 15) is 13.6 Å². The first-order valence-corrected chi connectivity index (χ1v) is 6.18. The van der Waals surface area contributed by atoms with Crippen molar-refractivity contribution in [2.24, 2.45) is 7.05 Å². The zero-order chi connectivity index (χ0) is 13.6. The fourth-order valence-corrected chi connectivity index (χ4v) is 2.30. The predicted octanol–water partition coefficient (Wildman–Crippen LogP) is 2.12. The first-order valence-electron chi connectivity index (χ1n) is 6.18. The lowest BCUT2D eigenvalue weighted by atomic mass is 9.85. The first kappa shape index (κ1) is 12.1. The maximum atomic E-state index is 13.2. The Balaban J connectivity index is 2.12. The summed E-state index contributed by atoms with van der Waals surface area (Å²) in [6.07, 6.45) is 3.13. The third-order valence-corrected chi connectivity index (χ3v) is 3.58. The van der Waals surface area contributed by atoms with Crippen molar-refractivity contribution in [3.8, 4) is 5.69 Å². The lowest BCUT2D eigenvalue weighted by molar-refractivity contribution is 0.391. The highest BCUT2D eigenvalue weighted by molar-refractivity contribution is 5.31. The number of hydrogen-bond acceptors (Lipinski definition) is 2. The van der Waals surface area contributed by atoms with E-state index in [-0.39, 0.29) is 17.3 Å². The summed E-state index contributed by atoms with van der Waals surface area (Å²) in [5.74, 6) is -0.492. The van der Waals surface area contributed by atoms with Crippen LogP contribution < -0.4 is 5.69 Å². The molecule has 0 unspecified atom stereocenters. The van der Waals surface area contributed by atoms with Gasteiger partial charge in [0, 0.05) is 19.0 Å². The van der Waals surface area contributed by atoms with Crippen molar-refractivity contribution < 1.29 is 8.78 Å². The molecule has 1 aliphatic rings. The smallest absolute Gasteiger partial charge is 0.281 e. The predicted molar refractivity (Wildman–Crippen MR) is 65.3 cm³/mol. The minimum absolute atomic E-state index is 0.115. The fourth-order valence-electron chi connectivity index (χ4n) is 2.30. The van der Waals surface area contributed by atoms with Crippen molar-refractivity contribution in [1.82, 2.24) is 14.3 Å². The van der Waals surface area contributed by atoms with Gasteiger partial charge in [0.2, 0.25) is 0 Å². The minimum atomic E-state index is -0.724. The molecule has 1 heterocycles. The van der Waals surface area contributed by atoms with Gasteiger partial charge in [0.25, 0.3) is 0 Å². The number of hydrogen-bond donors (Lipinski definition) is 0. The highest BCUT2D eigenvalue weighted by Gasteiger charge is 2.26. The quantitative estimate of drug-likeness (QED) is 0.834. The summed E-state index contributed by atoms with van der Waals surface area (Å²) in [5, 5.41) is 4.22. The average molecular weight is 265 g/mol. The summed E-state index contributed by atoms with van der Waals surface area (Å²) in [7, 11) is 1.63. The Hall–Kier alpha value is -1.98. The number of benzene rings is 1. The van der Waals surface area contributed by atoms with E-state index in [2.05, 4.69) is 5.10 Å². The van der Waals surface area contributed by atoms with Gasteiger partial charge in [-0.3, -0.25) is 4.57 Å². The van der Waals surface area contributed by atoms with Crippen LogP contribution in [0.2, 0.25) is 0 Å². The number of aromatic nitrogens is 3. The molecule has 3 rings (SSSR count). The van der Waals surface area contributed by atoms with Crippen LogP contribution in [0.4, 0.5) is 8.78 Å². The molecule has 1 aromatic heterocycles. The van der Waals surface area contributed by atoms with E-state index >= 15 is 0 Å². The molecule has 1 aromatic carbocycles. The van der Waals surface area contributed by atoms with Gasteiger partial charge in [-0.05, 0) is 25.0 Å². The molecule has 19 heavy (non-hydrogen) atoms. The Morgan fingerprint density at radius 3 is 2.37 bits per heavy atom. The molecule has 6 heteroatoms. The van der Waals surface area contributed by atoms with Crippen LogP contribution in [0.3, 0.4) is 0 Å². The lowest BCUT2D eigenvalue weighted by Gasteiger charge is -2.23. The SMILES string of the molecule is Cn1c(C2CCC2)nn(-c2cc(F)cc(F)c2)c1=O. The van der Waals surface area contributed by atoms with Gasteiger partial charge in [-0.25, -0.2) is 13.6 Å². The molecule has 0 bridgehead atoms. The standard InChI is InChI=1S/C13H13F2N3O/c1-17-12(8-3-2-4-8)16-18(13(17)19)11-6-9(14)5-10(15)7-11/h5-8H,2-4H2,1H3. The molecule has 1 saturated carbocycles. The molecular formula is C13H13F2N3O. The van der Waals surface area contributed by atoms with Crippen molar-refractivity contribution >= 4 is 0 Å². The second kappa shape index (κ2) is 4.29.